The number of hydrazine groups is 1. The van der Waals surface area contributed by atoms with Crippen molar-refractivity contribution in [3.8, 4) is 10.8 Å². The molecule has 8 heteroatoms. The average Bonchev–Trinajstić information content (AvgIpc) is 3.05. The molecule has 96 valence electrons. The van der Waals surface area contributed by atoms with E-state index in [1.54, 1.807) is 0 Å². The lowest BCUT2D eigenvalue weighted by molar-refractivity contribution is -0.120. The average molecular weight is 284 g/mol. The molecule has 6 nitrogen and oxygen atoms in total. The van der Waals surface area contributed by atoms with E-state index in [2.05, 4.69) is 15.6 Å². The molecule has 0 aromatic carbocycles. The van der Waals surface area contributed by atoms with E-state index in [0.717, 1.165) is 4.88 Å². The summed E-state index contributed by atoms with van der Waals surface area (Å²) in [6, 6.07) is 3.81. The number of nitrogens with one attached hydrogen (secondary N) is 1. The molecule has 1 amide bonds. The topological polar surface area (TPSA) is 94.0 Å². The summed E-state index contributed by atoms with van der Waals surface area (Å²) < 4.78 is 5.49. The van der Waals surface area contributed by atoms with Crippen molar-refractivity contribution in [3.63, 3.8) is 0 Å². The van der Waals surface area contributed by atoms with Gasteiger partial charge in [0.05, 0.1) is 10.1 Å². The van der Waals surface area contributed by atoms with Gasteiger partial charge in [-0.2, -0.15) is 0 Å². The number of hydrogen-bond donors (Lipinski definition) is 2. The second-order valence-electron chi connectivity index (χ2n) is 3.37. The van der Waals surface area contributed by atoms with Crippen LogP contribution in [-0.4, -0.2) is 21.4 Å². The van der Waals surface area contributed by atoms with Gasteiger partial charge in [0.25, 0.3) is 11.1 Å². The fourth-order valence-corrected chi connectivity index (χ4v) is 2.74. The van der Waals surface area contributed by atoms with Gasteiger partial charge in [0.1, 0.15) is 0 Å². The molecule has 0 spiro atoms. The van der Waals surface area contributed by atoms with Gasteiger partial charge in [0.2, 0.25) is 5.91 Å². The number of hydrogen-bond acceptors (Lipinski definition) is 7. The van der Waals surface area contributed by atoms with Crippen LogP contribution in [0, 0.1) is 0 Å². The smallest absolute Gasteiger partial charge is 0.277 e. The molecule has 2 rings (SSSR count). The molecular formula is C10H12N4O2S2. The van der Waals surface area contributed by atoms with Crippen molar-refractivity contribution in [2.45, 2.75) is 23.8 Å². The second-order valence-corrected chi connectivity index (χ2v) is 5.48. The van der Waals surface area contributed by atoms with Crippen LogP contribution in [0.25, 0.3) is 10.8 Å². The lowest BCUT2D eigenvalue weighted by Crippen LogP contribution is -2.37. The largest absolute Gasteiger partial charge is 0.410 e. The third kappa shape index (κ3) is 2.89. The van der Waals surface area contributed by atoms with Crippen LogP contribution in [-0.2, 0) is 4.79 Å². The first kappa shape index (κ1) is 13.1. The molecule has 0 aliphatic carbocycles. The van der Waals surface area contributed by atoms with Crippen molar-refractivity contribution in [1.82, 2.24) is 15.6 Å². The summed E-state index contributed by atoms with van der Waals surface area (Å²) in [5.41, 5.74) is 2.12. The second kappa shape index (κ2) is 5.98. The highest BCUT2D eigenvalue weighted by molar-refractivity contribution is 8.00. The van der Waals surface area contributed by atoms with Gasteiger partial charge in [0.15, 0.2) is 0 Å². The highest BCUT2D eigenvalue weighted by Crippen LogP contribution is 2.29. The van der Waals surface area contributed by atoms with Gasteiger partial charge in [-0.25, -0.2) is 5.84 Å². The van der Waals surface area contributed by atoms with Gasteiger partial charge in [-0.15, -0.1) is 21.5 Å². The van der Waals surface area contributed by atoms with Gasteiger partial charge in [-0.3, -0.25) is 10.2 Å². The first-order valence-corrected chi connectivity index (χ1v) is 7.05. The van der Waals surface area contributed by atoms with Crippen LogP contribution >= 0.6 is 23.1 Å². The molecule has 1 atom stereocenters. The van der Waals surface area contributed by atoms with Crippen LogP contribution < -0.4 is 11.3 Å². The van der Waals surface area contributed by atoms with Gasteiger partial charge in [-0.05, 0) is 17.9 Å². The molecule has 0 fully saturated rings. The Morgan fingerprint density at radius 2 is 2.50 bits per heavy atom. The van der Waals surface area contributed by atoms with Crippen LogP contribution in [0.2, 0.25) is 0 Å². The highest BCUT2D eigenvalue weighted by atomic mass is 32.2. The molecular weight excluding hydrogens is 272 g/mol. The number of thioether (sulfide) groups is 1. The molecule has 0 aliphatic heterocycles. The molecule has 2 heterocycles. The zero-order valence-corrected chi connectivity index (χ0v) is 11.3. The van der Waals surface area contributed by atoms with Crippen LogP contribution in [0.1, 0.15) is 13.3 Å². The van der Waals surface area contributed by atoms with E-state index >= 15 is 0 Å². The number of carbonyl (C=O) groups excluding carboxylic acids is 1. The minimum absolute atomic E-state index is 0.252. The zero-order chi connectivity index (χ0) is 13.0. The lowest BCUT2D eigenvalue weighted by Gasteiger charge is -2.08. The standard InChI is InChI=1S/C10H12N4O2S2/c1-2-6(8(15)12-11)18-10-14-13-9(16-10)7-4-3-5-17-7/h3-6H,2,11H2,1H3,(H,12,15). The van der Waals surface area contributed by atoms with Gasteiger partial charge >= 0.3 is 0 Å². The highest BCUT2D eigenvalue weighted by Gasteiger charge is 2.20. The fourth-order valence-electron chi connectivity index (χ4n) is 1.29. The number of amides is 1. The third-order valence-electron chi connectivity index (χ3n) is 2.19. The maximum atomic E-state index is 11.4. The number of nitrogens with zero attached hydrogens (tertiary/aromatic N) is 2. The number of carbonyl (C=O) groups is 1. The van der Waals surface area contributed by atoms with Crippen LogP contribution in [0.4, 0.5) is 0 Å². The van der Waals surface area contributed by atoms with Gasteiger partial charge in [0, 0.05) is 0 Å². The predicted octanol–water partition coefficient (Wildman–Crippen LogP) is 1.66. The quantitative estimate of drug-likeness (QED) is 0.375. The molecule has 0 radical (unpaired) electrons. The summed E-state index contributed by atoms with van der Waals surface area (Å²) in [4.78, 5) is 12.3. The first-order valence-electron chi connectivity index (χ1n) is 5.29. The van der Waals surface area contributed by atoms with Crippen molar-refractivity contribution < 1.29 is 9.21 Å². The number of aromatic nitrogens is 2. The van der Waals surface area contributed by atoms with Crippen molar-refractivity contribution in [2.75, 3.05) is 0 Å². The van der Waals surface area contributed by atoms with Gasteiger partial charge < -0.3 is 4.42 Å². The van der Waals surface area contributed by atoms with E-state index in [0.29, 0.717) is 17.5 Å². The Bertz CT molecular complexity index is 512. The first-order chi connectivity index (χ1) is 8.74. The Morgan fingerprint density at radius 3 is 3.11 bits per heavy atom. The summed E-state index contributed by atoms with van der Waals surface area (Å²) in [6.45, 7) is 1.89. The van der Waals surface area contributed by atoms with E-state index in [-0.39, 0.29) is 11.2 Å². The summed E-state index contributed by atoms with van der Waals surface area (Å²) in [7, 11) is 0. The van der Waals surface area contributed by atoms with Crippen molar-refractivity contribution in [1.29, 1.82) is 0 Å². The molecule has 0 aliphatic rings. The monoisotopic (exact) mass is 284 g/mol. The molecule has 0 saturated carbocycles. The van der Waals surface area contributed by atoms with Crippen LogP contribution in [0.3, 0.4) is 0 Å². The molecule has 2 aromatic heterocycles. The molecule has 2 aromatic rings. The SMILES string of the molecule is CCC(Sc1nnc(-c2cccs2)o1)C(=O)NN. The zero-order valence-electron chi connectivity index (χ0n) is 9.62. The van der Waals surface area contributed by atoms with Crippen LogP contribution in [0.5, 0.6) is 0 Å². The maximum absolute atomic E-state index is 11.4. The summed E-state index contributed by atoms with van der Waals surface area (Å²) in [6.07, 6.45) is 0.629. The van der Waals surface area contributed by atoms with E-state index in [9.17, 15) is 4.79 Å². The molecule has 18 heavy (non-hydrogen) atoms. The van der Waals surface area contributed by atoms with Crippen LogP contribution in [0.15, 0.2) is 27.2 Å². The fraction of sp³-hybridized carbons (Fsp3) is 0.300. The normalized spacial score (nSPS) is 12.3. The van der Waals surface area contributed by atoms with E-state index in [1.165, 1.54) is 23.1 Å². The predicted molar refractivity (Wildman–Crippen MR) is 69.9 cm³/mol. The van der Waals surface area contributed by atoms with E-state index in [1.807, 2.05) is 24.4 Å². The Hall–Kier alpha value is -1.38. The molecule has 1 unspecified atom stereocenters. The number of nitrogens with two attached hydrogens (primary N) is 1. The Kier molecular flexibility index (Phi) is 4.34. The lowest BCUT2D eigenvalue weighted by atomic mass is 10.3. The number of rotatable bonds is 5. The molecule has 0 bridgehead atoms. The summed E-state index contributed by atoms with van der Waals surface area (Å²) in [5.74, 6) is 5.32. The number of thiophene rings is 1. The maximum Gasteiger partial charge on any atom is 0.277 e. The summed E-state index contributed by atoms with van der Waals surface area (Å²) >= 11 is 2.73. The van der Waals surface area contributed by atoms with Crippen molar-refractivity contribution >= 4 is 29.0 Å². The minimum atomic E-state index is -0.327. The van der Waals surface area contributed by atoms with Crippen molar-refractivity contribution in [3.05, 3.63) is 17.5 Å². The molecule has 0 saturated heterocycles. The third-order valence-corrected chi connectivity index (χ3v) is 4.24. The Labute approximate surface area is 112 Å². The van der Waals surface area contributed by atoms with Crippen molar-refractivity contribution in [2.24, 2.45) is 5.84 Å². The van der Waals surface area contributed by atoms with Gasteiger partial charge in [-0.1, -0.05) is 24.8 Å². The Morgan fingerprint density at radius 1 is 1.67 bits per heavy atom. The molecule has 3 N–H and O–H groups in total. The van der Waals surface area contributed by atoms with E-state index < -0.39 is 0 Å². The van der Waals surface area contributed by atoms with E-state index in [4.69, 9.17) is 10.3 Å². The minimum Gasteiger partial charge on any atom is -0.410 e. The summed E-state index contributed by atoms with van der Waals surface area (Å²) in [5, 5.41) is 9.83. The Balaban J connectivity index is 2.08.